The molecule has 0 aromatic heterocycles. The average Bonchev–Trinajstić information content (AvgIpc) is 1.21. The molecule has 0 radical (unpaired) electrons. The molecular formula is C3H8N2OS2. The average molecular weight is 152 g/mol. The first-order valence-electron chi connectivity index (χ1n) is 1.88. The van der Waals surface area contributed by atoms with E-state index in [0.29, 0.717) is 0 Å². The Labute approximate surface area is 54.4 Å². The highest BCUT2D eigenvalue weighted by molar-refractivity contribution is 7.93. The highest BCUT2D eigenvalue weighted by Gasteiger charge is 1.87. The van der Waals surface area contributed by atoms with E-state index >= 15 is 0 Å². The van der Waals surface area contributed by atoms with Crippen LogP contribution in [0.3, 0.4) is 0 Å². The van der Waals surface area contributed by atoms with Gasteiger partial charge in [-0.25, -0.2) is 4.21 Å². The van der Waals surface area contributed by atoms with Crippen LogP contribution in [0, 0.1) is 0 Å². The van der Waals surface area contributed by atoms with E-state index < -0.39 is 9.73 Å². The fourth-order valence-electron chi connectivity index (χ4n) is 0.217. The molecule has 0 rings (SSSR count). The second kappa shape index (κ2) is 2.41. The molecule has 0 bridgehead atoms. The van der Waals surface area contributed by atoms with Crippen molar-refractivity contribution in [2.45, 2.75) is 0 Å². The number of thiocarbonyl (C=S) groups is 1. The second-order valence-electron chi connectivity index (χ2n) is 1.61. The Bertz CT molecular complexity index is 193. The van der Waals surface area contributed by atoms with Gasteiger partial charge in [-0.1, -0.05) is 0 Å². The molecule has 8 heavy (non-hydrogen) atoms. The monoisotopic (exact) mass is 152 g/mol. The van der Waals surface area contributed by atoms with Crippen molar-refractivity contribution in [1.29, 1.82) is 0 Å². The molecule has 0 aromatic carbocycles. The van der Waals surface area contributed by atoms with Crippen LogP contribution >= 0.6 is 12.2 Å². The largest absolute Gasteiger partial charge is 0.374 e. The molecule has 0 fully saturated rings. The van der Waals surface area contributed by atoms with Crippen LogP contribution in [0.15, 0.2) is 4.36 Å². The summed E-state index contributed by atoms with van der Waals surface area (Å²) in [5.74, 6) is 0. The van der Waals surface area contributed by atoms with Crippen LogP contribution in [-0.4, -0.2) is 21.8 Å². The highest BCUT2D eigenvalue weighted by Crippen LogP contribution is 1.81. The molecule has 5 heteroatoms. The van der Waals surface area contributed by atoms with Crippen molar-refractivity contribution in [3.05, 3.63) is 0 Å². The van der Waals surface area contributed by atoms with Crippen molar-refractivity contribution in [1.82, 2.24) is 0 Å². The molecule has 0 aliphatic carbocycles. The molecule has 3 nitrogen and oxygen atoms in total. The van der Waals surface area contributed by atoms with Gasteiger partial charge in [-0.05, 0) is 12.2 Å². The summed E-state index contributed by atoms with van der Waals surface area (Å²) in [7, 11) is -2.11. The molecule has 0 aromatic rings. The second-order valence-corrected chi connectivity index (χ2v) is 4.57. The molecule has 0 amide bonds. The summed E-state index contributed by atoms with van der Waals surface area (Å²) in [5, 5.41) is -0.0417. The maximum Gasteiger partial charge on any atom is 0.198 e. The summed E-state index contributed by atoms with van der Waals surface area (Å²) in [6, 6.07) is 0. The molecule has 0 saturated heterocycles. The van der Waals surface area contributed by atoms with Gasteiger partial charge < -0.3 is 5.73 Å². The molecule has 0 atom stereocenters. The fraction of sp³-hybridized carbons (Fsp3) is 0.667. The van der Waals surface area contributed by atoms with E-state index in [2.05, 4.69) is 16.6 Å². The molecule has 0 saturated carbocycles. The van der Waals surface area contributed by atoms with Crippen LogP contribution in [0.4, 0.5) is 0 Å². The third kappa shape index (κ3) is 5.84. The minimum absolute atomic E-state index is 0.0417. The van der Waals surface area contributed by atoms with E-state index in [1.165, 1.54) is 12.5 Å². The molecule has 48 valence electrons. The van der Waals surface area contributed by atoms with Gasteiger partial charge in [0.2, 0.25) is 0 Å². The van der Waals surface area contributed by atoms with Gasteiger partial charge in [0.15, 0.2) is 5.11 Å². The maximum atomic E-state index is 10.7. The van der Waals surface area contributed by atoms with Crippen molar-refractivity contribution in [3.8, 4) is 0 Å². The van der Waals surface area contributed by atoms with E-state index in [4.69, 9.17) is 5.73 Å². The minimum Gasteiger partial charge on any atom is -0.374 e. The summed E-state index contributed by atoms with van der Waals surface area (Å²) < 4.78 is 14.1. The topological polar surface area (TPSA) is 55.5 Å². The summed E-state index contributed by atoms with van der Waals surface area (Å²) in [4.78, 5) is 0. The molecule has 0 aliphatic rings. The van der Waals surface area contributed by atoms with Gasteiger partial charge in [0.05, 0.1) is 0 Å². The quantitative estimate of drug-likeness (QED) is 0.495. The smallest absolute Gasteiger partial charge is 0.198 e. The van der Waals surface area contributed by atoms with E-state index in [1.54, 1.807) is 0 Å². The van der Waals surface area contributed by atoms with Crippen molar-refractivity contribution >= 4 is 27.1 Å². The number of hydrogen-bond acceptors (Lipinski definition) is 2. The van der Waals surface area contributed by atoms with Crippen molar-refractivity contribution < 1.29 is 4.21 Å². The lowest BCUT2D eigenvalue weighted by Crippen LogP contribution is -2.07. The molecule has 0 heterocycles. The zero-order valence-electron chi connectivity index (χ0n) is 4.75. The Morgan fingerprint density at radius 1 is 1.75 bits per heavy atom. The Hall–Kier alpha value is -0.160. The Kier molecular flexibility index (Phi) is 2.36. The van der Waals surface area contributed by atoms with Gasteiger partial charge in [-0.3, -0.25) is 0 Å². The van der Waals surface area contributed by atoms with E-state index in [0.717, 1.165) is 0 Å². The first-order valence-corrected chi connectivity index (χ1v) is 4.62. The van der Waals surface area contributed by atoms with E-state index in [9.17, 15) is 4.21 Å². The third-order valence-electron chi connectivity index (χ3n) is 0.310. The Morgan fingerprint density at radius 2 is 2.12 bits per heavy atom. The summed E-state index contributed by atoms with van der Waals surface area (Å²) >= 11 is 4.38. The third-order valence-corrected chi connectivity index (χ3v) is 1.15. The first-order chi connectivity index (χ1) is 3.42. The van der Waals surface area contributed by atoms with Crippen LogP contribution in [0.5, 0.6) is 0 Å². The number of nitrogens with zero attached hydrogens (tertiary/aromatic N) is 1. The van der Waals surface area contributed by atoms with Crippen LogP contribution in [-0.2, 0) is 9.73 Å². The van der Waals surface area contributed by atoms with Gasteiger partial charge in [0.25, 0.3) is 0 Å². The molecule has 0 spiro atoms. The zero-order chi connectivity index (χ0) is 6.78. The first kappa shape index (κ1) is 7.84. The minimum atomic E-state index is -2.11. The molecule has 0 unspecified atom stereocenters. The Balaban J connectivity index is 4.44. The van der Waals surface area contributed by atoms with Crippen LogP contribution in [0.1, 0.15) is 0 Å². The van der Waals surface area contributed by atoms with Crippen LogP contribution in [0.25, 0.3) is 0 Å². The predicted molar refractivity (Wildman–Crippen MR) is 39.2 cm³/mol. The normalized spacial score (nSPS) is 10.8. The highest BCUT2D eigenvalue weighted by atomic mass is 32.2. The van der Waals surface area contributed by atoms with Crippen molar-refractivity contribution in [2.75, 3.05) is 12.5 Å². The van der Waals surface area contributed by atoms with Crippen molar-refractivity contribution in [3.63, 3.8) is 0 Å². The standard InChI is InChI=1S/C3H8N2OS2/c1-8(2,6)5-3(4)7/h1-2H3,(H2,4,7). The lowest BCUT2D eigenvalue weighted by Gasteiger charge is -1.89. The molecule has 0 aliphatic heterocycles. The van der Waals surface area contributed by atoms with Crippen molar-refractivity contribution in [2.24, 2.45) is 10.1 Å². The van der Waals surface area contributed by atoms with E-state index in [-0.39, 0.29) is 5.11 Å². The maximum absolute atomic E-state index is 10.7. The van der Waals surface area contributed by atoms with Gasteiger partial charge in [-0.2, -0.15) is 4.36 Å². The van der Waals surface area contributed by atoms with Crippen LogP contribution < -0.4 is 5.73 Å². The Morgan fingerprint density at radius 3 is 2.12 bits per heavy atom. The van der Waals surface area contributed by atoms with Crippen LogP contribution in [0.2, 0.25) is 0 Å². The molecule has 2 N–H and O–H groups in total. The summed E-state index contributed by atoms with van der Waals surface area (Å²) in [5.41, 5.74) is 4.96. The fourth-order valence-corrected chi connectivity index (χ4v) is 1.19. The summed E-state index contributed by atoms with van der Waals surface area (Å²) in [6.45, 7) is 0. The van der Waals surface area contributed by atoms with Gasteiger partial charge in [0.1, 0.15) is 0 Å². The number of hydrogen-bond donors (Lipinski definition) is 1. The van der Waals surface area contributed by atoms with Gasteiger partial charge in [0, 0.05) is 22.2 Å². The SMILES string of the molecule is CS(C)(=O)=NC(N)=S. The lowest BCUT2D eigenvalue weighted by molar-refractivity contribution is 0.685. The lowest BCUT2D eigenvalue weighted by atomic mass is 11.3. The zero-order valence-corrected chi connectivity index (χ0v) is 6.38. The predicted octanol–water partition coefficient (Wildman–Crippen LogP) is -0.0424. The summed E-state index contributed by atoms with van der Waals surface area (Å²) in [6.07, 6.45) is 2.96. The number of rotatable bonds is 0. The van der Waals surface area contributed by atoms with E-state index in [1.807, 2.05) is 0 Å². The molecular weight excluding hydrogens is 144 g/mol. The van der Waals surface area contributed by atoms with Gasteiger partial charge >= 0.3 is 0 Å². The van der Waals surface area contributed by atoms with Gasteiger partial charge in [-0.15, -0.1) is 0 Å². The number of nitrogens with two attached hydrogens (primary N) is 1.